The zero-order valence-electron chi connectivity index (χ0n) is 14.5. The quantitative estimate of drug-likeness (QED) is 0.676. The van der Waals surface area contributed by atoms with Gasteiger partial charge >= 0.3 is 5.97 Å². The van der Waals surface area contributed by atoms with E-state index in [9.17, 15) is 14.4 Å². The molecule has 0 spiro atoms. The van der Waals surface area contributed by atoms with Gasteiger partial charge in [-0.25, -0.2) is 5.10 Å². The summed E-state index contributed by atoms with van der Waals surface area (Å²) in [5.74, 6) is -1.15. The first-order valence-corrected chi connectivity index (χ1v) is 8.20. The number of nitriles is 2. The summed E-state index contributed by atoms with van der Waals surface area (Å²) in [7, 11) is 0. The summed E-state index contributed by atoms with van der Waals surface area (Å²) in [4.78, 5) is 37.3. The van der Waals surface area contributed by atoms with E-state index in [1.807, 2.05) is 12.1 Å². The van der Waals surface area contributed by atoms with E-state index in [1.165, 1.54) is 4.90 Å². The predicted molar refractivity (Wildman–Crippen MR) is 94.1 cm³/mol. The monoisotopic (exact) mass is 367 g/mol. The van der Waals surface area contributed by atoms with Crippen molar-refractivity contribution >= 4 is 22.6 Å². The Morgan fingerprint density at radius 1 is 1.11 bits per heavy atom. The number of aromatic amines is 1. The summed E-state index contributed by atoms with van der Waals surface area (Å²) in [6, 6.07) is 10.6. The summed E-state index contributed by atoms with van der Waals surface area (Å²) in [5, 5.41) is 24.4. The molecule has 1 heterocycles. The Hall–Kier alpha value is -3.72. The predicted octanol–water partition coefficient (Wildman–Crippen LogP) is 0.665. The van der Waals surface area contributed by atoms with E-state index >= 15 is 0 Å². The first kappa shape index (κ1) is 19.6. The third-order valence-electron chi connectivity index (χ3n) is 3.78. The molecule has 1 aromatic heterocycles. The molecule has 0 saturated carbocycles. The number of carbonyl (C=O) groups is 2. The Kier molecular flexibility index (Phi) is 7.03. The van der Waals surface area contributed by atoms with Crippen molar-refractivity contribution < 1.29 is 14.3 Å². The van der Waals surface area contributed by atoms with E-state index < -0.39 is 18.5 Å². The minimum atomic E-state index is -0.673. The van der Waals surface area contributed by atoms with Gasteiger partial charge in [0.2, 0.25) is 0 Å². The summed E-state index contributed by atoms with van der Waals surface area (Å²) in [5.41, 5.74) is -0.0167. The van der Waals surface area contributed by atoms with E-state index in [-0.39, 0.29) is 37.9 Å². The van der Waals surface area contributed by atoms with Gasteiger partial charge < -0.3 is 9.64 Å². The highest BCUT2D eigenvalue weighted by Gasteiger charge is 2.17. The summed E-state index contributed by atoms with van der Waals surface area (Å²) in [6.45, 7) is -0.154. The molecule has 0 aliphatic carbocycles. The van der Waals surface area contributed by atoms with Gasteiger partial charge in [-0.15, -0.1) is 0 Å². The number of carbonyl (C=O) groups excluding carboxylic acids is 2. The van der Waals surface area contributed by atoms with E-state index in [0.29, 0.717) is 16.5 Å². The number of nitrogens with one attached hydrogen (secondary N) is 1. The second-order valence-electron chi connectivity index (χ2n) is 5.58. The van der Waals surface area contributed by atoms with Gasteiger partial charge in [0.25, 0.3) is 11.5 Å². The molecule has 1 aromatic carbocycles. The average molecular weight is 367 g/mol. The lowest BCUT2D eigenvalue weighted by molar-refractivity contribution is -0.151. The lowest BCUT2D eigenvalue weighted by Crippen LogP contribution is -2.36. The van der Waals surface area contributed by atoms with Crippen LogP contribution in [0.4, 0.5) is 0 Å². The van der Waals surface area contributed by atoms with Crippen molar-refractivity contribution in [3.05, 3.63) is 40.3 Å². The van der Waals surface area contributed by atoms with Crippen LogP contribution in [0.1, 0.15) is 18.5 Å². The van der Waals surface area contributed by atoms with Crippen LogP contribution in [-0.4, -0.2) is 46.7 Å². The number of ether oxygens (including phenoxy) is 1. The van der Waals surface area contributed by atoms with Crippen LogP contribution in [0, 0.1) is 22.7 Å². The van der Waals surface area contributed by atoms with Gasteiger partial charge in [-0.3, -0.25) is 14.4 Å². The maximum absolute atomic E-state index is 12.1. The lowest BCUT2D eigenvalue weighted by Gasteiger charge is -2.20. The van der Waals surface area contributed by atoms with Crippen molar-refractivity contribution in [1.29, 1.82) is 10.5 Å². The first-order valence-electron chi connectivity index (χ1n) is 8.20. The van der Waals surface area contributed by atoms with Crippen molar-refractivity contribution in [2.45, 2.75) is 19.3 Å². The van der Waals surface area contributed by atoms with Crippen LogP contribution in [0.2, 0.25) is 0 Å². The van der Waals surface area contributed by atoms with Crippen LogP contribution in [0.3, 0.4) is 0 Å². The Balaban J connectivity index is 1.99. The molecule has 0 atom stereocenters. The maximum Gasteiger partial charge on any atom is 0.312 e. The Bertz CT molecular complexity index is 952. The van der Waals surface area contributed by atoms with Gasteiger partial charge in [-0.1, -0.05) is 18.2 Å². The van der Waals surface area contributed by atoms with Crippen LogP contribution in [0.15, 0.2) is 29.1 Å². The van der Waals surface area contributed by atoms with Crippen molar-refractivity contribution in [3.63, 3.8) is 0 Å². The minimum Gasteiger partial charge on any atom is -0.455 e. The summed E-state index contributed by atoms with van der Waals surface area (Å²) in [6.07, 6.45) is 0.0395. The molecule has 138 valence electrons. The fourth-order valence-corrected chi connectivity index (χ4v) is 2.46. The summed E-state index contributed by atoms with van der Waals surface area (Å²) >= 11 is 0. The van der Waals surface area contributed by atoms with Gasteiger partial charge in [0.05, 0.1) is 42.5 Å². The molecule has 2 rings (SSSR count). The van der Waals surface area contributed by atoms with Crippen molar-refractivity contribution in [1.82, 2.24) is 15.1 Å². The molecule has 0 radical (unpaired) electrons. The Morgan fingerprint density at radius 3 is 2.37 bits per heavy atom. The molecule has 1 amide bonds. The molecule has 0 fully saturated rings. The largest absolute Gasteiger partial charge is 0.455 e. The number of nitrogens with zero attached hydrogens (tertiary/aromatic N) is 4. The SMILES string of the molecule is N#CCCN(CCC#N)C(=O)COC(=O)Cc1n[nH]c(=O)c2ccccc12. The summed E-state index contributed by atoms with van der Waals surface area (Å²) < 4.78 is 5.00. The number of hydrogen-bond acceptors (Lipinski definition) is 7. The van der Waals surface area contributed by atoms with E-state index in [4.69, 9.17) is 15.3 Å². The molecular weight excluding hydrogens is 350 g/mol. The second kappa shape index (κ2) is 9.68. The van der Waals surface area contributed by atoms with Crippen LogP contribution in [0.25, 0.3) is 10.8 Å². The second-order valence-corrected chi connectivity index (χ2v) is 5.58. The van der Waals surface area contributed by atoms with Gasteiger partial charge in [0.15, 0.2) is 6.61 Å². The highest BCUT2D eigenvalue weighted by Crippen LogP contribution is 2.13. The third-order valence-corrected chi connectivity index (χ3v) is 3.78. The molecule has 0 unspecified atom stereocenters. The highest BCUT2D eigenvalue weighted by molar-refractivity contribution is 5.87. The minimum absolute atomic E-state index is 0.123. The topological polar surface area (TPSA) is 140 Å². The van der Waals surface area contributed by atoms with E-state index in [2.05, 4.69) is 10.2 Å². The molecule has 2 aromatic rings. The molecule has 0 aliphatic heterocycles. The van der Waals surface area contributed by atoms with Crippen molar-refractivity contribution in [2.75, 3.05) is 19.7 Å². The Morgan fingerprint density at radius 2 is 1.74 bits per heavy atom. The number of amides is 1. The number of hydrogen-bond donors (Lipinski definition) is 1. The molecule has 1 N–H and O–H groups in total. The maximum atomic E-state index is 12.1. The molecule has 9 heteroatoms. The number of aromatic nitrogens is 2. The normalized spacial score (nSPS) is 10.0. The van der Waals surface area contributed by atoms with Crippen LogP contribution in [0.5, 0.6) is 0 Å². The lowest BCUT2D eigenvalue weighted by atomic mass is 10.1. The molecule has 0 aliphatic rings. The number of H-pyrrole nitrogens is 1. The number of fused-ring (bicyclic) bond motifs is 1. The van der Waals surface area contributed by atoms with Crippen LogP contribution >= 0.6 is 0 Å². The number of esters is 1. The molecule has 0 saturated heterocycles. The first-order chi connectivity index (χ1) is 13.1. The van der Waals surface area contributed by atoms with Crippen LogP contribution < -0.4 is 5.56 Å². The average Bonchev–Trinajstić information content (AvgIpc) is 2.68. The fraction of sp³-hybridized carbons (Fsp3) is 0.333. The third kappa shape index (κ3) is 5.38. The molecule has 0 bridgehead atoms. The van der Waals surface area contributed by atoms with Gasteiger partial charge in [-0.05, 0) is 6.07 Å². The molecule has 9 nitrogen and oxygen atoms in total. The van der Waals surface area contributed by atoms with Crippen molar-refractivity contribution in [3.8, 4) is 12.1 Å². The smallest absolute Gasteiger partial charge is 0.312 e. The standard InChI is InChI=1S/C18H17N5O4/c19-7-3-9-23(10-4-8-20)16(24)12-27-17(25)11-15-13-5-1-2-6-14(13)18(26)22-21-15/h1-2,5-6H,3-4,9-12H2,(H,22,26). The number of benzene rings is 1. The zero-order chi connectivity index (χ0) is 19.6. The van der Waals surface area contributed by atoms with E-state index in [1.54, 1.807) is 24.3 Å². The van der Waals surface area contributed by atoms with Crippen molar-refractivity contribution in [2.24, 2.45) is 0 Å². The van der Waals surface area contributed by atoms with Gasteiger partial charge in [-0.2, -0.15) is 15.6 Å². The fourth-order valence-electron chi connectivity index (χ4n) is 2.46. The number of rotatable bonds is 8. The molecular formula is C18H17N5O4. The van der Waals surface area contributed by atoms with Gasteiger partial charge in [0, 0.05) is 18.5 Å². The zero-order valence-corrected chi connectivity index (χ0v) is 14.5. The van der Waals surface area contributed by atoms with Crippen LogP contribution in [-0.2, 0) is 20.7 Å². The Labute approximate surface area is 154 Å². The van der Waals surface area contributed by atoms with Gasteiger partial charge in [0.1, 0.15) is 0 Å². The molecule has 27 heavy (non-hydrogen) atoms. The highest BCUT2D eigenvalue weighted by atomic mass is 16.5. The van der Waals surface area contributed by atoms with E-state index in [0.717, 1.165) is 0 Å².